The first-order valence-corrected chi connectivity index (χ1v) is 6.13. The Morgan fingerprint density at radius 1 is 1.50 bits per heavy atom. The summed E-state index contributed by atoms with van der Waals surface area (Å²) in [7, 11) is 0. The normalized spacial score (nSPS) is 10.8. The van der Waals surface area contributed by atoms with Crippen molar-refractivity contribution in [3.63, 3.8) is 0 Å². The van der Waals surface area contributed by atoms with Gasteiger partial charge in [0.2, 0.25) is 0 Å². The van der Waals surface area contributed by atoms with E-state index in [0.29, 0.717) is 11.2 Å². The monoisotopic (exact) mass is 299 g/mol. The van der Waals surface area contributed by atoms with Crippen molar-refractivity contribution in [3.05, 3.63) is 34.3 Å². The van der Waals surface area contributed by atoms with Crippen LogP contribution in [0.5, 0.6) is 0 Å². The summed E-state index contributed by atoms with van der Waals surface area (Å²) in [4.78, 5) is 0. The first kappa shape index (κ1) is 13.1. The molecule has 86 valence electrons. The van der Waals surface area contributed by atoms with E-state index in [-0.39, 0.29) is 0 Å². The summed E-state index contributed by atoms with van der Waals surface area (Å²) in [6.45, 7) is 4.04. The molecule has 0 saturated carbocycles. The van der Waals surface area contributed by atoms with Crippen molar-refractivity contribution in [2.75, 3.05) is 0 Å². The third kappa shape index (κ3) is 5.23. The highest BCUT2D eigenvalue weighted by Gasteiger charge is 1.95. The van der Waals surface area contributed by atoms with Crippen LogP contribution in [-0.4, -0.2) is 17.4 Å². The Balaban J connectivity index is 2.46. The fourth-order valence-corrected chi connectivity index (χ4v) is 1.75. The van der Waals surface area contributed by atoms with Crippen LogP contribution in [0.4, 0.5) is 0 Å². The van der Waals surface area contributed by atoms with Crippen molar-refractivity contribution in [2.45, 2.75) is 19.9 Å². The molecule has 0 fully saturated rings. The van der Waals surface area contributed by atoms with Crippen LogP contribution in [0.15, 0.2) is 33.8 Å². The predicted octanol–water partition coefficient (Wildman–Crippen LogP) is 2.66. The molecule has 1 aromatic rings. The molecule has 0 aliphatic heterocycles. The largest absolute Gasteiger partial charge is 0.359 e. The maximum Gasteiger partial charge on any atom is 0.187 e. The summed E-state index contributed by atoms with van der Waals surface area (Å²) in [5.41, 5.74) is 3.76. The molecule has 0 aliphatic rings. The first-order chi connectivity index (χ1) is 7.58. The molecule has 0 aromatic heterocycles. The first-order valence-electron chi connectivity index (χ1n) is 4.93. The van der Waals surface area contributed by atoms with Crippen LogP contribution in [0.2, 0.25) is 0 Å². The van der Waals surface area contributed by atoms with Gasteiger partial charge in [0.15, 0.2) is 5.11 Å². The van der Waals surface area contributed by atoms with E-state index in [9.17, 15) is 0 Å². The lowest BCUT2D eigenvalue weighted by molar-refractivity contribution is 0.720. The molecular weight excluding hydrogens is 286 g/mol. The Hall–Kier alpha value is -0.940. The summed E-state index contributed by atoms with van der Waals surface area (Å²) in [6.07, 6.45) is 1.72. The molecule has 3 nitrogen and oxygen atoms in total. The van der Waals surface area contributed by atoms with E-state index >= 15 is 0 Å². The van der Waals surface area contributed by atoms with Crippen molar-refractivity contribution in [3.8, 4) is 0 Å². The van der Waals surface area contributed by atoms with E-state index in [0.717, 1.165) is 10.0 Å². The second kappa shape index (κ2) is 6.60. The van der Waals surface area contributed by atoms with Gasteiger partial charge in [-0.2, -0.15) is 5.10 Å². The lowest BCUT2D eigenvalue weighted by atomic mass is 10.2. The summed E-state index contributed by atoms with van der Waals surface area (Å²) in [5.74, 6) is 0. The molecule has 2 N–H and O–H groups in total. The molecule has 0 atom stereocenters. The van der Waals surface area contributed by atoms with Gasteiger partial charge < -0.3 is 5.32 Å². The molecule has 0 spiro atoms. The van der Waals surface area contributed by atoms with E-state index in [1.807, 2.05) is 38.1 Å². The van der Waals surface area contributed by atoms with E-state index in [4.69, 9.17) is 12.2 Å². The van der Waals surface area contributed by atoms with Gasteiger partial charge in [-0.15, -0.1) is 0 Å². The van der Waals surface area contributed by atoms with Crippen LogP contribution in [0, 0.1) is 0 Å². The van der Waals surface area contributed by atoms with E-state index < -0.39 is 0 Å². The van der Waals surface area contributed by atoms with E-state index in [1.54, 1.807) is 6.21 Å². The third-order valence-corrected chi connectivity index (χ3v) is 2.35. The number of hydrazone groups is 1. The topological polar surface area (TPSA) is 36.4 Å². The van der Waals surface area contributed by atoms with Crippen molar-refractivity contribution in [1.29, 1.82) is 0 Å². The molecule has 5 heteroatoms. The number of hydrogen-bond donors (Lipinski definition) is 2. The van der Waals surface area contributed by atoms with E-state index in [1.165, 1.54) is 0 Å². The number of rotatable bonds is 3. The van der Waals surface area contributed by atoms with Gasteiger partial charge in [0.05, 0.1) is 6.21 Å². The van der Waals surface area contributed by atoms with Crippen LogP contribution in [0.25, 0.3) is 0 Å². The molecule has 0 bridgehead atoms. The third-order valence-electron chi connectivity index (χ3n) is 1.65. The van der Waals surface area contributed by atoms with Crippen LogP contribution < -0.4 is 10.7 Å². The summed E-state index contributed by atoms with van der Waals surface area (Å²) in [5, 5.41) is 7.60. The van der Waals surface area contributed by atoms with E-state index in [2.05, 4.69) is 31.8 Å². The maximum absolute atomic E-state index is 5.03. The average molecular weight is 300 g/mol. The minimum absolute atomic E-state index is 0.307. The zero-order chi connectivity index (χ0) is 12.0. The number of thiocarbonyl (C=S) groups is 1. The molecule has 0 heterocycles. The zero-order valence-electron chi connectivity index (χ0n) is 9.20. The van der Waals surface area contributed by atoms with Crippen molar-refractivity contribution in [2.24, 2.45) is 5.10 Å². The lowest BCUT2D eigenvalue weighted by Gasteiger charge is -2.09. The second-order valence-electron chi connectivity index (χ2n) is 3.55. The number of hydrogen-bond acceptors (Lipinski definition) is 2. The molecule has 0 amide bonds. The van der Waals surface area contributed by atoms with Gasteiger partial charge in [0, 0.05) is 10.5 Å². The Labute approximate surface area is 109 Å². The molecular formula is C11H14BrN3S. The van der Waals surface area contributed by atoms with Gasteiger partial charge in [-0.3, -0.25) is 5.43 Å². The summed E-state index contributed by atoms with van der Waals surface area (Å²) < 4.78 is 1.03. The molecule has 1 aromatic carbocycles. The Kier molecular flexibility index (Phi) is 5.42. The number of nitrogens with zero attached hydrogens (tertiary/aromatic N) is 1. The maximum atomic E-state index is 5.03. The van der Waals surface area contributed by atoms with Gasteiger partial charge in [-0.25, -0.2) is 0 Å². The standard InChI is InChI=1S/C11H14BrN3S/c1-8(2)14-11(16)15-13-7-9-4-3-5-10(12)6-9/h3-8H,1-2H3,(H2,14,15,16). The zero-order valence-corrected chi connectivity index (χ0v) is 11.6. The van der Waals surface area contributed by atoms with Crippen LogP contribution in [0.3, 0.4) is 0 Å². The number of halogens is 1. The highest BCUT2D eigenvalue weighted by atomic mass is 79.9. The molecule has 0 saturated heterocycles. The van der Waals surface area contributed by atoms with Gasteiger partial charge in [0.25, 0.3) is 0 Å². The van der Waals surface area contributed by atoms with Gasteiger partial charge in [-0.05, 0) is 43.8 Å². The van der Waals surface area contributed by atoms with Crippen LogP contribution in [0.1, 0.15) is 19.4 Å². The number of nitrogens with one attached hydrogen (secondary N) is 2. The molecule has 0 aliphatic carbocycles. The van der Waals surface area contributed by atoms with Crippen LogP contribution in [-0.2, 0) is 0 Å². The minimum atomic E-state index is 0.307. The summed E-state index contributed by atoms with van der Waals surface area (Å²) >= 11 is 8.42. The molecule has 0 radical (unpaired) electrons. The van der Waals surface area contributed by atoms with Gasteiger partial charge in [-0.1, -0.05) is 28.1 Å². The summed E-state index contributed by atoms with van der Waals surface area (Å²) in [6, 6.07) is 8.17. The average Bonchev–Trinajstić information content (AvgIpc) is 2.16. The molecule has 16 heavy (non-hydrogen) atoms. The second-order valence-corrected chi connectivity index (χ2v) is 4.88. The minimum Gasteiger partial charge on any atom is -0.359 e. The Bertz CT molecular complexity index is 391. The highest BCUT2D eigenvalue weighted by molar-refractivity contribution is 9.10. The Morgan fingerprint density at radius 3 is 2.88 bits per heavy atom. The highest BCUT2D eigenvalue weighted by Crippen LogP contribution is 2.09. The number of benzene rings is 1. The smallest absolute Gasteiger partial charge is 0.187 e. The lowest BCUT2D eigenvalue weighted by Crippen LogP contribution is -2.36. The predicted molar refractivity (Wildman–Crippen MR) is 75.7 cm³/mol. The van der Waals surface area contributed by atoms with Crippen molar-refractivity contribution in [1.82, 2.24) is 10.7 Å². The quantitative estimate of drug-likeness (QED) is 0.512. The van der Waals surface area contributed by atoms with Crippen molar-refractivity contribution >= 4 is 39.5 Å². The van der Waals surface area contributed by atoms with Gasteiger partial charge >= 0.3 is 0 Å². The molecule has 0 unspecified atom stereocenters. The fourth-order valence-electron chi connectivity index (χ4n) is 1.05. The SMILES string of the molecule is CC(C)NC(=S)NN=Cc1cccc(Br)c1. The van der Waals surface area contributed by atoms with Crippen molar-refractivity contribution < 1.29 is 0 Å². The Morgan fingerprint density at radius 2 is 2.25 bits per heavy atom. The molecule has 1 rings (SSSR count). The fraction of sp³-hybridized carbons (Fsp3) is 0.273. The van der Waals surface area contributed by atoms with Crippen LogP contribution >= 0.6 is 28.1 Å². The van der Waals surface area contributed by atoms with Gasteiger partial charge in [0.1, 0.15) is 0 Å².